The molecule has 0 bridgehead atoms. The van der Waals surface area contributed by atoms with Gasteiger partial charge in [-0.15, -0.1) is 0 Å². The molecular weight excluding hydrogens is 162 g/mol. The van der Waals surface area contributed by atoms with Crippen molar-refractivity contribution in [2.75, 3.05) is 0 Å². The Kier molecular flexibility index (Phi) is 2.09. The van der Waals surface area contributed by atoms with Gasteiger partial charge in [0.15, 0.2) is 0 Å². The monoisotopic (exact) mass is 181 g/mol. The van der Waals surface area contributed by atoms with E-state index in [1.54, 1.807) is 0 Å². The Morgan fingerprint density at radius 2 is 2.15 bits per heavy atom. The van der Waals surface area contributed by atoms with Gasteiger partial charge in [0.05, 0.1) is 0 Å². The van der Waals surface area contributed by atoms with E-state index in [0.717, 1.165) is 12.3 Å². The Balaban J connectivity index is 1.95. The zero-order valence-electron chi connectivity index (χ0n) is 8.79. The Labute approximate surface area is 80.3 Å². The Bertz CT molecular complexity index is 222. The number of piperidine rings is 1. The van der Waals surface area contributed by atoms with E-state index in [2.05, 4.69) is 25.7 Å². The highest BCUT2D eigenvalue weighted by atomic mass is 16.2. The molecule has 3 atom stereocenters. The first kappa shape index (κ1) is 9.04. The molecule has 1 amide bonds. The van der Waals surface area contributed by atoms with Crippen molar-refractivity contribution in [3.63, 3.8) is 0 Å². The minimum Gasteiger partial charge on any atom is -0.337 e. The van der Waals surface area contributed by atoms with E-state index in [1.165, 1.54) is 12.8 Å². The summed E-state index contributed by atoms with van der Waals surface area (Å²) in [7, 11) is 0. The molecule has 1 saturated carbocycles. The fraction of sp³-hybridized carbons (Fsp3) is 0.909. The SMILES string of the molecule is CC(C)CC(=O)N1[C@H](C)C[C@H]2C[C@H]21. The summed E-state index contributed by atoms with van der Waals surface area (Å²) in [5.41, 5.74) is 0. The molecule has 0 aromatic heterocycles. The van der Waals surface area contributed by atoms with Crippen LogP contribution in [0.5, 0.6) is 0 Å². The van der Waals surface area contributed by atoms with Crippen LogP contribution in [0.2, 0.25) is 0 Å². The van der Waals surface area contributed by atoms with Crippen LogP contribution < -0.4 is 0 Å². The lowest BCUT2D eigenvalue weighted by Crippen LogP contribution is -2.37. The lowest BCUT2D eigenvalue weighted by molar-refractivity contribution is -0.133. The fourth-order valence-corrected chi connectivity index (χ4v) is 2.59. The van der Waals surface area contributed by atoms with Crippen LogP contribution in [0.15, 0.2) is 0 Å². The van der Waals surface area contributed by atoms with Crippen molar-refractivity contribution in [2.45, 2.75) is 52.1 Å². The van der Waals surface area contributed by atoms with Crippen molar-refractivity contribution < 1.29 is 4.79 Å². The average molecular weight is 181 g/mol. The van der Waals surface area contributed by atoms with E-state index >= 15 is 0 Å². The number of amides is 1. The van der Waals surface area contributed by atoms with Crippen LogP contribution in [0, 0.1) is 11.8 Å². The van der Waals surface area contributed by atoms with Crippen LogP contribution in [0.4, 0.5) is 0 Å². The molecule has 74 valence electrons. The van der Waals surface area contributed by atoms with Crippen molar-refractivity contribution in [2.24, 2.45) is 11.8 Å². The minimum atomic E-state index is 0.382. The normalized spacial score (nSPS) is 36.6. The lowest BCUT2D eigenvalue weighted by Gasteiger charge is -2.25. The molecule has 2 fully saturated rings. The van der Waals surface area contributed by atoms with E-state index in [-0.39, 0.29) is 0 Å². The predicted octanol–water partition coefficient (Wildman–Crippen LogP) is 2.04. The van der Waals surface area contributed by atoms with E-state index in [9.17, 15) is 4.79 Å². The van der Waals surface area contributed by atoms with Gasteiger partial charge in [0.25, 0.3) is 0 Å². The zero-order valence-corrected chi connectivity index (χ0v) is 8.79. The second kappa shape index (κ2) is 3.00. The molecule has 0 unspecified atom stereocenters. The molecule has 0 N–H and O–H groups in total. The molecule has 0 aromatic carbocycles. The highest BCUT2D eigenvalue weighted by Crippen LogP contribution is 2.47. The molecule has 2 nitrogen and oxygen atoms in total. The molecule has 0 aromatic rings. The number of carbonyl (C=O) groups is 1. The van der Waals surface area contributed by atoms with Crippen molar-refractivity contribution >= 4 is 5.91 Å². The number of fused-ring (bicyclic) bond motifs is 1. The molecule has 2 rings (SSSR count). The summed E-state index contributed by atoms with van der Waals surface area (Å²) in [6, 6.07) is 1.14. The van der Waals surface area contributed by atoms with Gasteiger partial charge < -0.3 is 4.90 Å². The van der Waals surface area contributed by atoms with Crippen LogP contribution in [-0.4, -0.2) is 22.9 Å². The molecule has 2 heteroatoms. The summed E-state index contributed by atoms with van der Waals surface area (Å²) >= 11 is 0. The molecule has 1 heterocycles. The summed E-state index contributed by atoms with van der Waals surface area (Å²) in [4.78, 5) is 14.0. The second-order valence-corrected chi connectivity index (χ2v) is 5.05. The summed E-state index contributed by atoms with van der Waals surface area (Å²) in [5, 5.41) is 0. The third-order valence-electron chi connectivity index (χ3n) is 3.23. The van der Waals surface area contributed by atoms with E-state index in [1.807, 2.05) is 0 Å². The molecule has 1 aliphatic heterocycles. The summed E-state index contributed by atoms with van der Waals surface area (Å²) in [6.07, 6.45) is 3.25. The first-order valence-corrected chi connectivity index (χ1v) is 5.40. The molecule has 1 aliphatic carbocycles. The van der Waals surface area contributed by atoms with Crippen LogP contribution in [0.1, 0.15) is 40.0 Å². The van der Waals surface area contributed by atoms with Crippen LogP contribution in [0.25, 0.3) is 0 Å². The van der Waals surface area contributed by atoms with Gasteiger partial charge in [0.1, 0.15) is 0 Å². The molecule has 0 spiro atoms. The lowest BCUT2D eigenvalue weighted by atomic mass is 10.1. The fourth-order valence-electron chi connectivity index (χ4n) is 2.59. The van der Waals surface area contributed by atoms with Crippen molar-refractivity contribution in [1.29, 1.82) is 0 Å². The first-order chi connectivity index (χ1) is 6.09. The maximum atomic E-state index is 11.8. The van der Waals surface area contributed by atoms with E-state index < -0.39 is 0 Å². The van der Waals surface area contributed by atoms with Crippen molar-refractivity contribution in [3.8, 4) is 0 Å². The molecule has 1 saturated heterocycles. The van der Waals surface area contributed by atoms with Gasteiger partial charge in [-0.1, -0.05) is 13.8 Å². The number of likely N-dealkylation sites (tertiary alicyclic amines) is 1. The largest absolute Gasteiger partial charge is 0.337 e. The van der Waals surface area contributed by atoms with Crippen LogP contribution >= 0.6 is 0 Å². The van der Waals surface area contributed by atoms with Crippen molar-refractivity contribution in [1.82, 2.24) is 4.90 Å². The molecule has 13 heavy (non-hydrogen) atoms. The number of hydrogen-bond acceptors (Lipinski definition) is 1. The number of rotatable bonds is 2. The first-order valence-electron chi connectivity index (χ1n) is 5.40. The van der Waals surface area contributed by atoms with E-state index in [4.69, 9.17) is 0 Å². The third-order valence-corrected chi connectivity index (χ3v) is 3.23. The summed E-state index contributed by atoms with van der Waals surface area (Å²) in [5.74, 6) is 1.73. The quantitative estimate of drug-likeness (QED) is 0.638. The topological polar surface area (TPSA) is 20.3 Å². The zero-order chi connectivity index (χ0) is 9.59. The Morgan fingerprint density at radius 1 is 1.46 bits per heavy atom. The molecular formula is C11H19NO. The van der Waals surface area contributed by atoms with Gasteiger partial charge in [-0.3, -0.25) is 4.79 Å². The smallest absolute Gasteiger partial charge is 0.223 e. The summed E-state index contributed by atoms with van der Waals surface area (Å²) in [6.45, 7) is 6.41. The van der Waals surface area contributed by atoms with Gasteiger partial charge >= 0.3 is 0 Å². The highest BCUT2D eigenvalue weighted by molar-refractivity contribution is 5.78. The van der Waals surface area contributed by atoms with Crippen LogP contribution in [0.3, 0.4) is 0 Å². The second-order valence-electron chi connectivity index (χ2n) is 5.05. The predicted molar refractivity (Wildman–Crippen MR) is 52.3 cm³/mol. The van der Waals surface area contributed by atoms with Gasteiger partial charge in [0, 0.05) is 18.5 Å². The van der Waals surface area contributed by atoms with Crippen LogP contribution in [-0.2, 0) is 4.79 Å². The Morgan fingerprint density at radius 3 is 2.62 bits per heavy atom. The van der Waals surface area contributed by atoms with Gasteiger partial charge in [-0.05, 0) is 31.6 Å². The average Bonchev–Trinajstić information content (AvgIpc) is 2.60. The minimum absolute atomic E-state index is 0.382. The standard InChI is InChI=1S/C11H19NO/c1-7(2)4-11(13)12-8(3)5-9-6-10(9)12/h7-10H,4-6H2,1-3H3/t8-,9+,10-/m1/s1. The van der Waals surface area contributed by atoms with E-state index in [0.29, 0.717) is 23.9 Å². The number of carbonyl (C=O) groups excluding carboxylic acids is 1. The molecule has 2 aliphatic rings. The van der Waals surface area contributed by atoms with Gasteiger partial charge in [-0.2, -0.15) is 0 Å². The number of nitrogens with zero attached hydrogens (tertiary/aromatic N) is 1. The molecule has 0 radical (unpaired) electrons. The Hall–Kier alpha value is -0.530. The maximum Gasteiger partial charge on any atom is 0.223 e. The summed E-state index contributed by atoms with van der Waals surface area (Å²) < 4.78 is 0. The van der Waals surface area contributed by atoms with Gasteiger partial charge in [0.2, 0.25) is 5.91 Å². The van der Waals surface area contributed by atoms with Crippen molar-refractivity contribution in [3.05, 3.63) is 0 Å². The third kappa shape index (κ3) is 1.59. The highest BCUT2D eigenvalue weighted by Gasteiger charge is 2.51. The maximum absolute atomic E-state index is 11.8. The van der Waals surface area contributed by atoms with Gasteiger partial charge in [-0.25, -0.2) is 0 Å². The number of hydrogen-bond donors (Lipinski definition) is 0.